The summed E-state index contributed by atoms with van der Waals surface area (Å²) in [7, 11) is 3.22. The van der Waals surface area contributed by atoms with E-state index in [1.54, 1.807) is 14.2 Å². The maximum absolute atomic E-state index is 12.7. The molecule has 0 atom stereocenters. The molecule has 0 bridgehead atoms. The van der Waals surface area contributed by atoms with Gasteiger partial charge in [0.05, 0.1) is 26.2 Å². The van der Waals surface area contributed by atoms with Gasteiger partial charge in [0.1, 0.15) is 22.8 Å². The average Bonchev–Trinajstić information content (AvgIpc) is 3.28. The summed E-state index contributed by atoms with van der Waals surface area (Å²) in [5.74, 6) is 1.76. The van der Waals surface area contributed by atoms with Gasteiger partial charge in [-0.1, -0.05) is 17.3 Å². The molecule has 198 valence electrons. The molecule has 9 nitrogen and oxygen atoms in total. The SMILES string of the molecule is COc1ccc(-c2noc(CC(=O)NCCCCNC(=O)OC(C)(C)C)c2-c2ccc(OC)cc2)cc1. The number of alkyl carbamates (subject to hydrolysis) is 1. The highest BCUT2D eigenvalue weighted by atomic mass is 16.6. The lowest BCUT2D eigenvalue weighted by atomic mass is 9.98. The van der Waals surface area contributed by atoms with Gasteiger partial charge in [-0.25, -0.2) is 4.79 Å². The molecular formula is C28H35N3O6. The number of carbonyl (C=O) groups excluding carboxylic acids is 2. The number of carbonyl (C=O) groups is 2. The summed E-state index contributed by atoms with van der Waals surface area (Å²) in [6.07, 6.45) is 1.02. The average molecular weight is 510 g/mol. The van der Waals surface area contributed by atoms with E-state index < -0.39 is 11.7 Å². The van der Waals surface area contributed by atoms with E-state index in [0.29, 0.717) is 37.4 Å². The first-order chi connectivity index (χ1) is 17.7. The zero-order valence-corrected chi connectivity index (χ0v) is 22.1. The van der Waals surface area contributed by atoms with Crippen LogP contribution in [0.4, 0.5) is 4.79 Å². The molecule has 0 aliphatic rings. The Labute approximate surface area is 217 Å². The molecule has 0 spiro atoms. The molecular weight excluding hydrogens is 474 g/mol. The number of benzene rings is 2. The number of nitrogens with one attached hydrogen (secondary N) is 2. The number of aromatic nitrogens is 1. The fourth-order valence-corrected chi connectivity index (χ4v) is 3.64. The normalized spacial score (nSPS) is 11.1. The van der Waals surface area contributed by atoms with Crippen molar-refractivity contribution < 1.29 is 28.3 Å². The van der Waals surface area contributed by atoms with Crippen LogP contribution in [-0.4, -0.2) is 50.1 Å². The molecule has 0 aliphatic heterocycles. The Morgan fingerprint density at radius 1 is 0.838 bits per heavy atom. The maximum atomic E-state index is 12.7. The maximum Gasteiger partial charge on any atom is 0.407 e. The molecule has 2 aromatic carbocycles. The third kappa shape index (κ3) is 8.27. The Morgan fingerprint density at radius 3 is 1.92 bits per heavy atom. The van der Waals surface area contributed by atoms with Gasteiger partial charge in [0.25, 0.3) is 0 Å². The molecule has 0 saturated carbocycles. The van der Waals surface area contributed by atoms with Crippen LogP contribution < -0.4 is 20.1 Å². The van der Waals surface area contributed by atoms with Crippen LogP contribution in [0.3, 0.4) is 0 Å². The Morgan fingerprint density at radius 2 is 1.38 bits per heavy atom. The third-order valence-electron chi connectivity index (χ3n) is 5.42. The fraction of sp³-hybridized carbons (Fsp3) is 0.393. The van der Waals surface area contributed by atoms with Gasteiger partial charge < -0.3 is 29.4 Å². The second kappa shape index (κ2) is 12.8. The van der Waals surface area contributed by atoms with Crippen LogP contribution in [0.5, 0.6) is 11.5 Å². The van der Waals surface area contributed by atoms with Crippen LogP contribution in [0.1, 0.15) is 39.4 Å². The molecule has 2 amide bonds. The van der Waals surface area contributed by atoms with Crippen molar-refractivity contribution in [3.05, 3.63) is 54.3 Å². The van der Waals surface area contributed by atoms with Crippen molar-refractivity contribution in [3.8, 4) is 33.9 Å². The number of rotatable bonds is 11. The summed E-state index contributed by atoms with van der Waals surface area (Å²) in [5.41, 5.74) is 2.58. The van der Waals surface area contributed by atoms with E-state index >= 15 is 0 Å². The van der Waals surface area contributed by atoms with Gasteiger partial charge in [0.15, 0.2) is 5.76 Å². The lowest BCUT2D eigenvalue weighted by molar-refractivity contribution is -0.120. The van der Waals surface area contributed by atoms with Crippen molar-refractivity contribution >= 4 is 12.0 Å². The van der Waals surface area contributed by atoms with Crippen molar-refractivity contribution in [1.82, 2.24) is 15.8 Å². The predicted molar refractivity (Wildman–Crippen MR) is 141 cm³/mol. The van der Waals surface area contributed by atoms with E-state index in [9.17, 15) is 9.59 Å². The summed E-state index contributed by atoms with van der Waals surface area (Å²) >= 11 is 0. The van der Waals surface area contributed by atoms with E-state index in [2.05, 4.69) is 15.8 Å². The first-order valence-corrected chi connectivity index (χ1v) is 12.2. The second-order valence-corrected chi connectivity index (χ2v) is 9.45. The summed E-state index contributed by atoms with van der Waals surface area (Å²) in [6, 6.07) is 15.1. The Balaban J connectivity index is 1.63. The van der Waals surface area contributed by atoms with Gasteiger partial charge in [0.2, 0.25) is 5.91 Å². The second-order valence-electron chi connectivity index (χ2n) is 9.45. The third-order valence-corrected chi connectivity index (χ3v) is 5.42. The van der Waals surface area contributed by atoms with Crippen LogP contribution in [0.15, 0.2) is 53.1 Å². The Kier molecular flexibility index (Phi) is 9.54. The number of nitrogens with zero attached hydrogens (tertiary/aromatic N) is 1. The lowest BCUT2D eigenvalue weighted by Gasteiger charge is -2.19. The quantitative estimate of drug-likeness (QED) is 0.350. The standard InChI is InChI=1S/C28H35N3O6/c1-28(2,3)36-27(33)30-17-7-6-16-29-24(32)18-23-25(19-8-12-21(34-4)13-9-19)26(31-37-23)20-10-14-22(35-5)15-11-20/h8-15H,6-7,16-18H2,1-5H3,(H,29,32)(H,30,33). The number of hydrogen-bond donors (Lipinski definition) is 2. The van der Waals surface area contributed by atoms with Gasteiger partial charge in [0, 0.05) is 18.7 Å². The van der Waals surface area contributed by atoms with Crippen molar-refractivity contribution in [2.75, 3.05) is 27.3 Å². The minimum Gasteiger partial charge on any atom is -0.497 e. The van der Waals surface area contributed by atoms with Gasteiger partial charge in [-0.05, 0) is 75.6 Å². The monoisotopic (exact) mass is 509 g/mol. The molecule has 0 unspecified atom stereocenters. The van der Waals surface area contributed by atoms with Crippen LogP contribution >= 0.6 is 0 Å². The summed E-state index contributed by atoms with van der Waals surface area (Å²) < 4.78 is 21.4. The minimum absolute atomic E-state index is 0.0423. The van der Waals surface area contributed by atoms with Crippen molar-refractivity contribution in [2.24, 2.45) is 0 Å². The first-order valence-electron chi connectivity index (χ1n) is 12.2. The van der Waals surface area contributed by atoms with E-state index in [-0.39, 0.29) is 12.3 Å². The first kappa shape index (κ1) is 27.6. The highest BCUT2D eigenvalue weighted by Gasteiger charge is 2.22. The molecule has 2 N–H and O–H groups in total. The van der Waals surface area contributed by atoms with Gasteiger partial charge in [-0.15, -0.1) is 0 Å². The van der Waals surface area contributed by atoms with E-state index in [4.69, 9.17) is 18.7 Å². The minimum atomic E-state index is -0.531. The van der Waals surface area contributed by atoms with Crippen LogP contribution in [-0.2, 0) is 16.0 Å². The number of amides is 2. The van der Waals surface area contributed by atoms with Crippen molar-refractivity contribution in [1.29, 1.82) is 0 Å². The molecule has 0 fully saturated rings. The van der Waals surface area contributed by atoms with E-state index in [1.165, 1.54) is 0 Å². The summed E-state index contributed by atoms with van der Waals surface area (Å²) in [6.45, 7) is 6.40. The number of ether oxygens (including phenoxy) is 3. The predicted octanol–water partition coefficient (Wildman–Crippen LogP) is 4.99. The molecule has 0 radical (unpaired) electrons. The largest absolute Gasteiger partial charge is 0.497 e. The van der Waals surface area contributed by atoms with E-state index in [1.807, 2.05) is 69.3 Å². The topological polar surface area (TPSA) is 112 Å². The fourth-order valence-electron chi connectivity index (χ4n) is 3.64. The summed E-state index contributed by atoms with van der Waals surface area (Å²) in [4.78, 5) is 24.4. The van der Waals surface area contributed by atoms with Crippen molar-refractivity contribution in [3.63, 3.8) is 0 Å². The number of methoxy groups -OCH3 is 2. The molecule has 1 heterocycles. The molecule has 1 aromatic heterocycles. The number of hydrogen-bond acceptors (Lipinski definition) is 7. The van der Waals surface area contributed by atoms with Crippen LogP contribution in [0, 0.1) is 0 Å². The highest BCUT2D eigenvalue weighted by molar-refractivity contribution is 5.86. The van der Waals surface area contributed by atoms with Gasteiger partial charge in [-0.2, -0.15) is 0 Å². The van der Waals surface area contributed by atoms with Crippen LogP contribution in [0.2, 0.25) is 0 Å². The molecule has 3 aromatic rings. The zero-order valence-electron chi connectivity index (χ0n) is 22.1. The van der Waals surface area contributed by atoms with Crippen molar-refractivity contribution in [2.45, 2.75) is 45.6 Å². The lowest BCUT2D eigenvalue weighted by Crippen LogP contribution is -2.33. The Bertz CT molecular complexity index is 1160. The number of unbranched alkanes of at least 4 members (excludes halogenated alkanes) is 1. The van der Waals surface area contributed by atoms with Crippen LogP contribution in [0.25, 0.3) is 22.4 Å². The van der Waals surface area contributed by atoms with Gasteiger partial charge >= 0.3 is 6.09 Å². The molecule has 0 saturated heterocycles. The Hall–Kier alpha value is -4.01. The zero-order chi connectivity index (χ0) is 26.8. The molecule has 9 heteroatoms. The smallest absolute Gasteiger partial charge is 0.407 e. The van der Waals surface area contributed by atoms with E-state index in [0.717, 1.165) is 28.2 Å². The molecule has 3 rings (SSSR count). The molecule has 0 aliphatic carbocycles. The van der Waals surface area contributed by atoms with Gasteiger partial charge in [-0.3, -0.25) is 4.79 Å². The summed E-state index contributed by atoms with van der Waals surface area (Å²) in [5, 5.41) is 9.92. The molecule has 37 heavy (non-hydrogen) atoms. The highest BCUT2D eigenvalue weighted by Crippen LogP contribution is 2.36.